The Kier molecular flexibility index (Phi) is 8.32. The Labute approximate surface area is 210 Å². The molecular weight excluding hydrogens is 528 g/mol. The van der Waals surface area contributed by atoms with Gasteiger partial charge >= 0.3 is 6.18 Å². The number of ether oxygens (including phenoxy) is 1. The first-order chi connectivity index (χ1) is 16.4. The lowest BCUT2D eigenvalue weighted by Gasteiger charge is -2.16. The van der Waals surface area contributed by atoms with Crippen molar-refractivity contribution in [1.82, 2.24) is 4.72 Å². The predicted molar refractivity (Wildman–Crippen MR) is 127 cm³/mol. The molecule has 12 heteroatoms. The minimum atomic E-state index is -4.73. The fourth-order valence-electron chi connectivity index (χ4n) is 3.07. The molecule has 0 bridgehead atoms. The normalized spacial score (nSPS) is 12.7. The molecule has 0 saturated carbocycles. The molecule has 0 aliphatic rings. The van der Waals surface area contributed by atoms with E-state index in [1.165, 1.54) is 18.2 Å². The summed E-state index contributed by atoms with van der Waals surface area (Å²) in [7, 11) is -3.93. The summed E-state index contributed by atoms with van der Waals surface area (Å²) < 4.78 is 72.8. The Morgan fingerprint density at radius 2 is 1.71 bits per heavy atom. The van der Waals surface area contributed by atoms with E-state index >= 15 is 0 Å². The average molecular weight is 547 g/mol. The standard InChI is InChI=1S/C23H19Cl2F3N2O4S/c1-14(15-5-3-2-4-6-15)30-35(32,33)17-8-10-21(19(25)12-17)34-13-22(31)29-20-9-7-16(24)11-18(20)23(26,27)28/h2-12,14,30H,13H2,1H3,(H,29,31)/t14-/m0/s1. The summed E-state index contributed by atoms with van der Waals surface area (Å²) >= 11 is 11.7. The fraction of sp³-hybridized carbons (Fsp3) is 0.174. The highest BCUT2D eigenvalue weighted by Crippen LogP contribution is 2.36. The van der Waals surface area contributed by atoms with Crippen LogP contribution in [0.1, 0.15) is 24.1 Å². The van der Waals surface area contributed by atoms with Crippen molar-refractivity contribution < 1.29 is 31.1 Å². The monoisotopic (exact) mass is 546 g/mol. The SMILES string of the molecule is C[C@H](NS(=O)(=O)c1ccc(OCC(=O)Nc2ccc(Cl)cc2C(F)(F)F)c(Cl)c1)c1ccccc1. The topological polar surface area (TPSA) is 84.5 Å². The van der Waals surface area contributed by atoms with Crippen molar-refractivity contribution in [3.8, 4) is 5.75 Å². The van der Waals surface area contributed by atoms with Crippen LogP contribution in [0.3, 0.4) is 0 Å². The molecule has 186 valence electrons. The van der Waals surface area contributed by atoms with Crippen LogP contribution in [0.2, 0.25) is 10.0 Å². The van der Waals surface area contributed by atoms with Crippen LogP contribution < -0.4 is 14.8 Å². The highest BCUT2D eigenvalue weighted by Gasteiger charge is 2.34. The zero-order valence-electron chi connectivity index (χ0n) is 18.1. The Bertz CT molecular complexity index is 1320. The Balaban J connectivity index is 1.66. The molecule has 0 aliphatic carbocycles. The molecule has 1 amide bonds. The molecule has 1 atom stereocenters. The minimum Gasteiger partial charge on any atom is -0.482 e. The second-order valence-corrected chi connectivity index (χ2v) is 9.93. The molecule has 6 nitrogen and oxygen atoms in total. The number of rotatable bonds is 8. The van der Waals surface area contributed by atoms with Gasteiger partial charge in [-0.15, -0.1) is 0 Å². The highest BCUT2D eigenvalue weighted by atomic mass is 35.5. The number of halogens is 5. The van der Waals surface area contributed by atoms with Crippen molar-refractivity contribution in [2.24, 2.45) is 0 Å². The maximum absolute atomic E-state index is 13.2. The largest absolute Gasteiger partial charge is 0.482 e. The quantitative estimate of drug-likeness (QED) is 0.359. The summed E-state index contributed by atoms with van der Waals surface area (Å²) in [6.45, 7) is 1.02. The van der Waals surface area contributed by atoms with Crippen LogP contribution >= 0.6 is 23.2 Å². The number of amides is 1. The van der Waals surface area contributed by atoms with Gasteiger partial charge in [-0.3, -0.25) is 4.79 Å². The third-order valence-corrected chi connectivity index (χ3v) is 6.83. The van der Waals surface area contributed by atoms with E-state index in [1.54, 1.807) is 31.2 Å². The lowest BCUT2D eigenvalue weighted by atomic mass is 10.1. The molecule has 35 heavy (non-hydrogen) atoms. The van der Waals surface area contributed by atoms with Gasteiger partial charge in [-0.1, -0.05) is 53.5 Å². The van der Waals surface area contributed by atoms with Gasteiger partial charge in [0.2, 0.25) is 10.0 Å². The lowest BCUT2D eigenvalue weighted by molar-refractivity contribution is -0.137. The van der Waals surface area contributed by atoms with E-state index in [-0.39, 0.29) is 20.7 Å². The second-order valence-electron chi connectivity index (χ2n) is 7.37. The molecule has 2 N–H and O–H groups in total. The van der Waals surface area contributed by atoms with Crippen molar-refractivity contribution in [2.75, 3.05) is 11.9 Å². The van der Waals surface area contributed by atoms with Crippen molar-refractivity contribution in [3.63, 3.8) is 0 Å². The number of hydrogen-bond acceptors (Lipinski definition) is 4. The van der Waals surface area contributed by atoms with Crippen LogP contribution in [0.25, 0.3) is 0 Å². The molecule has 3 aromatic carbocycles. The van der Waals surface area contributed by atoms with Crippen LogP contribution in [-0.2, 0) is 21.0 Å². The smallest absolute Gasteiger partial charge is 0.418 e. The first-order valence-corrected chi connectivity index (χ1v) is 12.3. The van der Waals surface area contributed by atoms with Gasteiger partial charge < -0.3 is 10.1 Å². The Morgan fingerprint density at radius 3 is 2.34 bits per heavy atom. The molecule has 0 aromatic heterocycles. The summed E-state index contributed by atoms with van der Waals surface area (Å²) in [6, 6.07) is 15.0. The van der Waals surface area contributed by atoms with E-state index in [9.17, 15) is 26.4 Å². The number of carbonyl (C=O) groups excluding carboxylic acids is 1. The number of sulfonamides is 1. The van der Waals surface area contributed by atoms with Crippen LogP contribution in [0.5, 0.6) is 5.75 Å². The first-order valence-electron chi connectivity index (χ1n) is 10.0. The highest BCUT2D eigenvalue weighted by molar-refractivity contribution is 7.89. The summed E-state index contributed by atoms with van der Waals surface area (Å²) in [5, 5.41) is 1.88. The van der Waals surface area contributed by atoms with E-state index in [2.05, 4.69) is 10.0 Å². The number of nitrogens with one attached hydrogen (secondary N) is 2. The van der Waals surface area contributed by atoms with Crippen molar-refractivity contribution >= 4 is 44.8 Å². The number of anilines is 1. The third kappa shape index (κ3) is 7.11. The molecule has 0 aliphatic heterocycles. The van der Waals surface area contributed by atoms with Crippen LogP contribution in [0.15, 0.2) is 71.6 Å². The molecule has 0 spiro atoms. The van der Waals surface area contributed by atoms with Gasteiger partial charge in [-0.25, -0.2) is 13.1 Å². The second kappa shape index (κ2) is 10.9. The molecule has 3 aromatic rings. The average Bonchev–Trinajstić information content (AvgIpc) is 2.79. The summed E-state index contributed by atoms with van der Waals surface area (Å²) in [6.07, 6.45) is -4.73. The minimum absolute atomic E-state index is 0.0241. The van der Waals surface area contributed by atoms with E-state index in [0.717, 1.165) is 17.7 Å². The number of alkyl halides is 3. The van der Waals surface area contributed by atoms with Gasteiger partial charge in [0, 0.05) is 11.1 Å². The maximum atomic E-state index is 13.2. The predicted octanol–water partition coefficient (Wildman–Crippen LogP) is 6.07. The first kappa shape index (κ1) is 26.8. The fourth-order valence-corrected chi connectivity index (χ4v) is 4.80. The molecule has 0 radical (unpaired) electrons. The zero-order valence-corrected chi connectivity index (χ0v) is 20.4. The lowest BCUT2D eigenvalue weighted by Crippen LogP contribution is -2.27. The van der Waals surface area contributed by atoms with Crippen LogP contribution in [-0.4, -0.2) is 20.9 Å². The van der Waals surface area contributed by atoms with Gasteiger partial charge in [-0.05, 0) is 48.9 Å². The Hall–Kier alpha value is -2.79. The third-order valence-electron chi connectivity index (χ3n) is 4.77. The van der Waals surface area contributed by atoms with Gasteiger partial charge in [0.15, 0.2) is 6.61 Å². The number of benzene rings is 3. The molecule has 3 rings (SSSR count). The molecule has 0 saturated heterocycles. The maximum Gasteiger partial charge on any atom is 0.418 e. The number of carbonyl (C=O) groups is 1. The van der Waals surface area contributed by atoms with E-state index < -0.39 is 46.0 Å². The molecule has 0 heterocycles. The van der Waals surface area contributed by atoms with E-state index in [0.29, 0.717) is 6.07 Å². The van der Waals surface area contributed by atoms with Crippen LogP contribution in [0, 0.1) is 0 Å². The van der Waals surface area contributed by atoms with Gasteiger partial charge in [0.25, 0.3) is 5.91 Å². The van der Waals surface area contributed by atoms with Gasteiger partial charge in [0.1, 0.15) is 5.75 Å². The zero-order chi connectivity index (χ0) is 25.8. The molecular formula is C23H19Cl2F3N2O4S. The van der Waals surface area contributed by atoms with E-state index in [4.69, 9.17) is 27.9 Å². The Morgan fingerprint density at radius 1 is 1.03 bits per heavy atom. The van der Waals surface area contributed by atoms with Gasteiger partial charge in [0.05, 0.1) is 21.2 Å². The summed E-state index contributed by atoms with van der Waals surface area (Å²) in [5.41, 5.74) is -0.827. The molecule has 0 fully saturated rings. The van der Waals surface area contributed by atoms with Crippen molar-refractivity contribution in [3.05, 3.63) is 87.9 Å². The number of hydrogen-bond donors (Lipinski definition) is 2. The van der Waals surface area contributed by atoms with Crippen LogP contribution in [0.4, 0.5) is 18.9 Å². The van der Waals surface area contributed by atoms with E-state index in [1.807, 2.05) is 6.07 Å². The summed E-state index contributed by atoms with van der Waals surface area (Å²) in [5.74, 6) is -0.909. The van der Waals surface area contributed by atoms with Gasteiger partial charge in [-0.2, -0.15) is 13.2 Å². The molecule has 0 unspecified atom stereocenters. The summed E-state index contributed by atoms with van der Waals surface area (Å²) in [4.78, 5) is 12.0. The van der Waals surface area contributed by atoms with Crippen molar-refractivity contribution in [2.45, 2.75) is 24.0 Å². The van der Waals surface area contributed by atoms with Crippen molar-refractivity contribution in [1.29, 1.82) is 0 Å².